The molecule has 2 rings (SSSR count). The number of nitrogens with zero attached hydrogens (tertiary/aromatic N) is 3. The predicted octanol–water partition coefficient (Wildman–Crippen LogP) is 1.53. The first-order valence-corrected chi connectivity index (χ1v) is 7.08. The van der Waals surface area contributed by atoms with Crippen molar-refractivity contribution in [1.29, 1.82) is 0 Å². The van der Waals surface area contributed by atoms with Crippen molar-refractivity contribution in [3.63, 3.8) is 0 Å². The standard InChI is InChI=1S/C15H19N5O4/c1-9-7-10(22-2)5-6-11(9)17-13(21)16-8-12-18-14(23-3)20-15(19-12)24-4/h5-7H,8H2,1-4H3,(H2,16,17,21). The summed E-state index contributed by atoms with van der Waals surface area (Å²) >= 11 is 0. The first-order valence-electron chi connectivity index (χ1n) is 7.08. The fraction of sp³-hybridized carbons (Fsp3) is 0.333. The number of urea groups is 1. The molecule has 0 saturated heterocycles. The van der Waals surface area contributed by atoms with Crippen LogP contribution in [0.3, 0.4) is 0 Å². The number of nitrogens with one attached hydrogen (secondary N) is 2. The summed E-state index contributed by atoms with van der Waals surface area (Å²) in [6, 6.07) is 5.21. The third-order valence-corrected chi connectivity index (χ3v) is 3.09. The quantitative estimate of drug-likeness (QED) is 0.825. The minimum Gasteiger partial charge on any atom is -0.497 e. The van der Waals surface area contributed by atoms with Crippen molar-refractivity contribution in [2.45, 2.75) is 13.5 Å². The van der Waals surface area contributed by atoms with Gasteiger partial charge in [-0.15, -0.1) is 4.98 Å². The molecule has 0 bridgehead atoms. The van der Waals surface area contributed by atoms with Crippen LogP contribution in [0, 0.1) is 6.92 Å². The van der Waals surface area contributed by atoms with Crippen molar-refractivity contribution < 1.29 is 19.0 Å². The second kappa shape index (κ2) is 7.95. The van der Waals surface area contributed by atoms with E-state index in [1.54, 1.807) is 19.2 Å². The number of rotatable bonds is 6. The van der Waals surface area contributed by atoms with Crippen LogP contribution >= 0.6 is 0 Å². The van der Waals surface area contributed by atoms with Gasteiger partial charge in [0.1, 0.15) is 5.75 Å². The molecule has 0 fully saturated rings. The Bertz CT molecular complexity index is 701. The van der Waals surface area contributed by atoms with Gasteiger partial charge in [-0.2, -0.15) is 9.97 Å². The Hall–Kier alpha value is -3.10. The molecule has 0 spiro atoms. The Kier molecular flexibility index (Phi) is 5.72. The maximum atomic E-state index is 12.0. The van der Waals surface area contributed by atoms with Gasteiger partial charge in [0.2, 0.25) is 0 Å². The summed E-state index contributed by atoms with van der Waals surface area (Å²) in [6.45, 7) is 1.97. The highest BCUT2D eigenvalue weighted by Crippen LogP contribution is 2.20. The Morgan fingerprint density at radius 1 is 1.04 bits per heavy atom. The number of hydrogen-bond donors (Lipinski definition) is 2. The van der Waals surface area contributed by atoms with E-state index in [0.717, 1.165) is 11.3 Å². The molecular weight excluding hydrogens is 314 g/mol. The van der Waals surface area contributed by atoms with E-state index < -0.39 is 0 Å². The van der Waals surface area contributed by atoms with Crippen LogP contribution in [-0.4, -0.2) is 42.3 Å². The highest BCUT2D eigenvalue weighted by atomic mass is 16.5. The average Bonchev–Trinajstić information content (AvgIpc) is 2.61. The Morgan fingerprint density at radius 3 is 2.25 bits per heavy atom. The maximum absolute atomic E-state index is 12.0. The van der Waals surface area contributed by atoms with Crippen molar-refractivity contribution in [1.82, 2.24) is 20.3 Å². The Morgan fingerprint density at radius 2 is 1.71 bits per heavy atom. The number of ether oxygens (including phenoxy) is 3. The van der Waals surface area contributed by atoms with E-state index >= 15 is 0 Å². The van der Waals surface area contributed by atoms with Gasteiger partial charge in [0.25, 0.3) is 0 Å². The number of hydrogen-bond acceptors (Lipinski definition) is 7. The van der Waals surface area contributed by atoms with Gasteiger partial charge in [-0.25, -0.2) is 4.79 Å². The number of carbonyl (C=O) groups excluding carboxylic acids is 1. The van der Waals surface area contributed by atoms with Gasteiger partial charge in [-0.3, -0.25) is 0 Å². The molecule has 9 nitrogen and oxygen atoms in total. The predicted molar refractivity (Wildman–Crippen MR) is 86.5 cm³/mol. The maximum Gasteiger partial charge on any atom is 0.322 e. The summed E-state index contributed by atoms with van der Waals surface area (Å²) in [7, 11) is 4.46. The summed E-state index contributed by atoms with van der Waals surface area (Å²) in [5.41, 5.74) is 1.56. The second-order valence-electron chi connectivity index (χ2n) is 4.71. The zero-order valence-electron chi connectivity index (χ0n) is 13.9. The number of aromatic nitrogens is 3. The van der Waals surface area contributed by atoms with E-state index in [2.05, 4.69) is 25.6 Å². The molecule has 1 aromatic carbocycles. The molecule has 2 N–H and O–H groups in total. The zero-order chi connectivity index (χ0) is 17.5. The third-order valence-electron chi connectivity index (χ3n) is 3.09. The van der Waals surface area contributed by atoms with Crippen LogP contribution in [0.2, 0.25) is 0 Å². The molecule has 0 atom stereocenters. The van der Waals surface area contributed by atoms with Crippen LogP contribution in [-0.2, 0) is 6.54 Å². The first kappa shape index (κ1) is 17.3. The van der Waals surface area contributed by atoms with E-state index in [0.29, 0.717) is 11.5 Å². The average molecular weight is 333 g/mol. The van der Waals surface area contributed by atoms with E-state index in [1.807, 2.05) is 13.0 Å². The SMILES string of the molecule is COc1ccc(NC(=O)NCc2nc(OC)nc(OC)n2)c(C)c1. The van der Waals surface area contributed by atoms with E-state index in [4.69, 9.17) is 14.2 Å². The van der Waals surface area contributed by atoms with Crippen molar-refractivity contribution >= 4 is 11.7 Å². The lowest BCUT2D eigenvalue weighted by Gasteiger charge is -2.11. The molecule has 0 aliphatic heterocycles. The van der Waals surface area contributed by atoms with Crippen LogP contribution in [0.25, 0.3) is 0 Å². The summed E-state index contributed by atoms with van der Waals surface area (Å²) < 4.78 is 15.0. The summed E-state index contributed by atoms with van der Waals surface area (Å²) in [5.74, 6) is 1.04. The number of anilines is 1. The van der Waals surface area contributed by atoms with Gasteiger partial charge in [-0.1, -0.05) is 0 Å². The van der Waals surface area contributed by atoms with Crippen LogP contribution in [0.15, 0.2) is 18.2 Å². The van der Waals surface area contributed by atoms with Gasteiger partial charge in [0.15, 0.2) is 5.82 Å². The van der Waals surface area contributed by atoms with Crippen LogP contribution < -0.4 is 24.8 Å². The van der Waals surface area contributed by atoms with Crippen molar-refractivity contribution in [2.75, 3.05) is 26.6 Å². The minimum absolute atomic E-state index is 0.0935. The molecule has 0 radical (unpaired) electrons. The minimum atomic E-state index is -0.387. The fourth-order valence-electron chi connectivity index (χ4n) is 1.87. The Balaban J connectivity index is 1.98. The molecule has 0 saturated carbocycles. The fourth-order valence-corrected chi connectivity index (χ4v) is 1.87. The molecular formula is C15H19N5O4. The monoisotopic (exact) mass is 333 g/mol. The smallest absolute Gasteiger partial charge is 0.322 e. The topological polar surface area (TPSA) is 107 Å². The van der Waals surface area contributed by atoms with Gasteiger partial charge in [0.05, 0.1) is 27.9 Å². The van der Waals surface area contributed by atoms with Gasteiger partial charge >= 0.3 is 18.1 Å². The molecule has 2 aromatic rings. The largest absolute Gasteiger partial charge is 0.497 e. The van der Waals surface area contributed by atoms with Crippen LogP contribution in [0.5, 0.6) is 17.8 Å². The number of carbonyl (C=O) groups is 1. The number of aryl methyl sites for hydroxylation is 1. The van der Waals surface area contributed by atoms with Crippen molar-refractivity contribution in [3.8, 4) is 17.8 Å². The molecule has 1 heterocycles. The normalized spacial score (nSPS) is 10.0. The van der Waals surface area contributed by atoms with Crippen LogP contribution in [0.4, 0.5) is 10.5 Å². The Labute approximate surface area is 139 Å². The van der Waals surface area contributed by atoms with Gasteiger partial charge in [-0.05, 0) is 30.7 Å². The highest BCUT2D eigenvalue weighted by Gasteiger charge is 2.10. The molecule has 128 valence electrons. The number of amides is 2. The summed E-state index contributed by atoms with van der Waals surface area (Å²) in [4.78, 5) is 24.0. The van der Waals surface area contributed by atoms with Crippen molar-refractivity contribution in [3.05, 3.63) is 29.6 Å². The lowest BCUT2D eigenvalue weighted by molar-refractivity contribution is 0.251. The van der Waals surface area contributed by atoms with Gasteiger partial charge in [0, 0.05) is 5.69 Å². The summed E-state index contributed by atoms with van der Waals surface area (Å²) in [5, 5.41) is 5.41. The molecule has 0 aliphatic carbocycles. The van der Waals surface area contributed by atoms with E-state index in [1.165, 1.54) is 14.2 Å². The molecule has 0 aliphatic rings. The molecule has 2 amide bonds. The number of benzene rings is 1. The lowest BCUT2D eigenvalue weighted by Crippen LogP contribution is -2.29. The second-order valence-corrected chi connectivity index (χ2v) is 4.71. The first-order chi connectivity index (χ1) is 11.5. The van der Waals surface area contributed by atoms with E-state index in [-0.39, 0.29) is 24.6 Å². The third kappa shape index (κ3) is 4.45. The van der Waals surface area contributed by atoms with Gasteiger partial charge < -0.3 is 24.8 Å². The van der Waals surface area contributed by atoms with Crippen molar-refractivity contribution in [2.24, 2.45) is 0 Å². The lowest BCUT2D eigenvalue weighted by atomic mass is 10.2. The highest BCUT2D eigenvalue weighted by molar-refractivity contribution is 5.90. The molecule has 24 heavy (non-hydrogen) atoms. The zero-order valence-corrected chi connectivity index (χ0v) is 13.9. The van der Waals surface area contributed by atoms with E-state index in [9.17, 15) is 4.79 Å². The number of methoxy groups -OCH3 is 3. The van der Waals surface area contributed by atoms with Crippen LogP contribution in [0.1, 0.15) is 11.4 Å². The summed E-state index contributed by atoms with van der Waals surface area (Å²) in [6.07, 6.45) is 0. The molecule has 1 aromatic heterocycles. The molecule has 0 unspecified atom stereocenters. The molecule has 9 heteroatoms.